The highest BCUT2D eigenvalue weighted by molar-refractivity contribution is 7.93. The third-order valence-electron chi connectivity index (χ3n) is 3.36. The standard InChI is InChI=1S/C18H15NO3S/c20-17-13-7-8-14-18(17)23(21,22)19(15-9-3-1-4-10-15)16-11-5-2-6-12-16/h1-14,20H. The van der Waals surface area contributed by atoms with Crippen LogP contribution in [0.1, 0.15) is 0 Å². The molecule has 0 unspecified atom stereocenters. The molecule has 0 bridgehead atoms. The first-order chi connectivity index (χ1) is 11.1. The summed E-state index contributed by atoms with van der Waals surface area (Å²) in [7, 11) is -3.95. The molecule has 116 valence electrons. The minimum absolute atomic E-state index is 0.132. The van der Waals surface area contributed by atoms with Gasteiger partial charge >= 0.3 is 0 Å². The monoisotopic (exact) mass is 325 g/mol. The van der Waals surface area contributed by atoms with Crippen molar-refractivity contribution in [2.45, 2.75) is 4.90 Å². The number of anilines is 2. The van der Waals surface area contributed by atoms with Crippen LogP contribution in [0.2, 0.25) is 0 Å². The van der Waals surface area contributed by atoms with Gasteiger partial charge in [0.2, 0.25) is 0 Å². The first kappa shape index (κ1) is 15.1. The van der Waals surface area contributed by atoms with E-state index < -0.39 is 10.0 Å². The molecule has 5 heteroatoms. The lowest BCUT2D eigenvalue weighted by Crippen LogP contribution is -2.26. The third-order valence-corrected chi connectivity index (χ3v) is 5.17. The van der Waals surface area contributed by atoms with E-state index in [2.05, 4.69) is 0 Å². The first-order valence-corrected chi connectivity index (χ1v) is 8.48. The Morgan fingerprint density at radius 3 is 1.57 bits per heavy atom. The van der Waals surface area contributed by atoms with Crippen molar-refractivity contribution in [1.82, 2.24) is 0 Å². The van der Waals surface area contributed by atoms with E-state index in [-0.39, 0.29) is 10.6 Å². The fraction of sp³-hybridized carbons (Fsp3) is 0. The molecule has 0 aliphatic heterocycles. The van der Waals surface area contributed by atoms with Crippen LogP contribution in [-0.2, 0) is 10.0 Å². The van der Waals surface area contributed by atoms with E-state index in [1.165, 1.54) is 16.4 Å². The van der Waals surface area contributed by atoms with E-state index in [0.717, 1.165) is 0 Å². The van der Waals surface area contributed by atoms with Crippen LogP contribution in [-0.4, -0.2) is 13.5 Å². The molecule has 0 heterocycles. The lowest BCUT2D eigenvalue weighted by molar-refractivity contribution is 0.459. The smallest absolute Gasteiger partial charge is 0.272 e. The number of rotatable bonds is 4. The Labute approximate surface area is 135 Å². The van der Waals surface area contributed by atoms with E-state index in [1.807, 2.05) is 12.1 Å². The summed E-state index contributed by atoms with van der Waals surface area (Å²) in [5.41, 5.74) is 1.00. The second kappa shape index (κ2) is 6.14. The molecule has 0 fully saturated rings. The molecule has 0 spiro atoms. The lowest BCUT2D eigenvalue weighted by Gasteiger charge is -2.24. The lowest BCUT2D eigenvalue weighted by atomic mass is 10.3. The summed E-state index contributed by atoms with van der Waals surface area (Å²) < 4.78 is 27.5. The summed E-state index contributed by atoms with van der Waals surface area (Å²) in [6.45, 7) is 0. The maximum absolute atomic E-state index is 13.1. The minimum atomic E-state index is -3.95. The quantitative estimate of drug-likeness (QED) is 0.791. The topological polar surface area (TPSA) is 57.6 Å². The fourth-order valence-electron chi connectivity index (χ4n) is 2.33. The van der Waals surface area contributed by atoms with Gasteiger partial charge < -0.3 is 5.11 Å². The third kappa shape index (κ3) is 2.91. The maximum atomic E-state index is 13.1. The van der Waals surface area contributed by atoms with Crippen LogP contribution in [0.25, 0.3) is 0 Å². The Kier molecular flexibility index (Phi) is 4.04. The van der Waals surface area contributed by atoms with E-state index >= 15 is 0 Å². The molecule has 23 heavy (non-hydrogen) atoms. The first-order valence-electron chi connectivity index (χ1n) is 7.04. The van der Waals surface area contributed by atoms with Crippen molar-refractivity contribution in [3.63, 3.8) is 0 Å². The second-order valence-corrected chi connectivity index (χ2v) is 6.66. The maximum Gasteiger partial charge on any atom is 0.272 e. The van der Waals surface area contributed by atoms with Gasteiger partial charge in [-0.05, 0) is 36.4 Å². The number of aromatic hydroxyl groups is 1. The normalized spacial score (nSPS) is 11.1. The van der Waals surface area contributed by atoms with Crippen LogP contribution in [0.4, 0.5) is 11.4 Å². The van der Waals surface area contributed by atoms with Crippen LogP contribution in [0.15, 0.2) is 89.8 Å². The average Bonchev–Trinajstić information content (AvgIpc) is 2.57. The molecular weight excluding hydrogens is 310 g/mol. The summed E-state index contributed by atoms with van der Waals surface area (Å²) in [6, 6.07) is 23.5. The molecule has 0 aliphatic rings. The summed E-state index contributed by atoms with van der Waals surface area (Å²) in [5, 5.41) is 9.98. The van der Waals surface area contributed by atoms with E-state index in [9.17, 15) is 13.5 Å². The van der Waals surface area contributed by atoms with Gasteiger partial charge in [0.05, 0.1) is 11.4 Å². The number of phenols is 1. The molecule has 3 aromatic rings. The molecule has 0 aromatic heterocycles. The number of hydrogen-bond acceptors (Lipinski definition) is 3. The van der Waals surface area contributed by atoms with Crippen molar-refractivity contribution in [3.8, 4) is 5.75 Å². The predicted octanol–water partition coefficient (Wildman–Crippen LogP) is 3.92. The van der Waals surface area contributed by atoms with Crippen molar-refractivity contribution >= 4 is 21.4 Å². The van der Waals surface area contributed by atoms with Gasteiger partial charge in [-0.3, -0.25) is 0 Å². The molecular formula is C18H15NO3S. The summed E-state index contributed by atoms with van der Waals surface area (Å²) in [5.74, 6) is -0.274. The molecule has 0 saturated carbocycles. The Balaban J connectivity index is 2.22. The summed E-state index contributed by atoms with van der Waals surface area (Å²) >= 11 is 0. The van der Waals surface area contributed by atoms with Gasteiger partial charge in [-0.25, -0.2) is 12.7 Å². The zero-order valence-electron chi connectivity index (χ0n) is 12.2. The minimum Gasteiger partial charge on any atom is -0.507 e. The number of hydrogen-bond donors (Lipinski definition) is 1. The Hall–Kier alpha value is -2.79. The molecule has 3 rings (SSSR count). The van der Waals surface area contributed by atoms with Crippen LogP contribution < -0.4 is 4.31 Å². The molecule has 0 saturated heterocycles. The molecule has 1 N–H and O–H groups in total. The van der Waals surface area contributed by atoms with Gasteiger partial charge in [-0.1, -0.05) is 48.5 Å². The van der Waals surface area contributed by atoms with Crippen molar-refractivity contribution in [3.05, 3.63) is 84.9 Å². The highest BCUT2D eigenvalue weighted by Gasteiger charge is 2.28. The van der Waals surface area contributed by atoms with Crippen molar-refractivity contribution in [2.24, 2.45) is 0 Å². The number of sulfonamides is 1. The van der Waals surface area contributed by atoms with Gasteiger partial charge in [0, 0.05) is 0 Å². The van der Waals surface area contributed by atoms with Gasteiger partial charge in [0.25, 0.3) is 10.0 Å². The van der Waals surface area contributed by atoms with Crippen molar-refractivity contribution in [2.75, 3.05) is 4.31 Å². The average molecular weight is 325 g/mol. The SMILES string of the molecule is O=S(=O)(c1ccccc1O)N(c1ccccc1)c1ccccc1. The summed E-state index contributed by atoms with van der Waals surface area (Å²) in [4.78, 5) is -0.132. The second-order valence-electron chi connectivity index (χ2n) is 4.91. The number of benzene rings is 3. The van der Waals surface area contributed by atoms with Gasteiger partial charge in [0.15, 0.2) is 0 Å². The number of para-hydroxylation sites is 3. The van der Waals surface area contributed by atoms with Gasteiger partial charge in [0.1, 0.15) is 10.6 Å². The van der Waals surface area contributed by atoms with E-state index in [0.29, 0.717) is 11.4 Å². The van der Waals surface area contributed by atoms with Crippen molar-refractivity contribution < 1.29 is 13.5 Å². The number of phenolic OH excluding ortho intramolecular Hbond substituents is 1. The van der Waals surface area contributed by atoms with E-state index in [1.54, 1.807) is 60.7 Å². The molecule has 3 aromatic carbocycles. The summed E-state index contributed by atoms with van der Waals surface area (Å²) in [6.07, 6.45) is 0. The zero-order chi connectivity index (χ0) is 16.3. The highest BCUT2D eigenvalue weighted by atomic mass is 32.2. The number of nitrogens with zero attached hydrogens (tertiary/aromatic N) is 1. The zero-order valence-corrected chi connectivity index (χ0v) is 13.0. The molecule has 0 amide bonds. The van der Waals surface area contributed by atoms with Gasteiger partial charge in [-0.2, -0.15) is 0 Å². The fourth-order valence-corrected chi connectivity index (χ4v) is 3.91. The van der Waals surface area contributed by atoms with Crippen LogP contribution >= 0.6 is 0 Å². The molecule has 0 aliphatic carbocycles. The highest BCUT2D eigenvalue weighted by Crippen LogP contribution is 2.34. The predicted molar refractivity (Wildman–Crippen MR) is 90.3 cm³/mol. The van der Waals surface area contributed by atoms with Crippen LogP contribution in [0.5, 0.6) is 5.75 Å². The molecule has 0 radical (unpaired) electrons. The Morgan fingerprint density at radius 1 is 0.652 bits per heavy atom. The van der Waals surface area contributed by atoms with Crippen LogP contribution in [0, 0.1) is 0 Å². The van der Waals surface area contributed by atoms with E-state index in [4.69, 9.17) is 0 Å². The van der Waals surface area contributed by atoms with Gasteiger partial charge in [-0.15, -0.1) is 0 Å². The Morgan fingerprint density at radius 2 is 1.09 bits per heavy atom. The van der Waals surface area contributed by atoms with Crippen LogP contribution in [0.3, 0.4) is 0 Å². The molecule has 4 nitrogen and oxygen atoms in total. The Bertz CT molecular complexity index is 854. The largest absolute Gasteiger partial charge is 0.507 e. The van der Waals surface area contributed by atoms with Crippen molar-refractivity contribution in [1.29, 1.82) is 0 Å². The molecule has 0 atom stereocenters.